The van der Waals surface area contributed by atoms with E-state index in [1.54, 1.807) is 18.5 Å². The summed E-state index contributed by atoms with van der Waals surface area (Å²) in [6.45, 7) is 0. The van der Waals surface area contributed by atoms with E-state index in [9.17, 15) is 4.79 Å². The molecule has 1 aliphatic heterocycles. The molecule has 0 atom stereocenters. The summed E-state index contributed by atoms with van der Waals surface area (Å²) in [4.78, 5) is 23.0. The first kappa shape index (κ1) is 10.4. The van der Waals surface area contributed by atoms with Crippen molar-refractivity contribution in [2.75, 3.05) is 5.01 Å². The molecule has 0 unspecified atom stereocenters. The van der Waals surface area contributed by atoms with Gasteiger partial charge in [-0.3, -0.25) is 9.78 Å². The molecule has 6 heteroatoms. The van der Waals surface area contributed by atoms with Gasteiger partial charge in [0.05, 0.1) is 18.0 Å². The van der Waals surface area contributed by atoms with Gasteiger partial charge in [0, 0.05) is 24.3 Å². The number of carbonyl (C=O) groups is 1. The van der Waals surface area contributed by atoms with Gasteiger partial charge in [-0.25, -0.2) is 4.98 Å². The highest BCUT2D eigenvalue weighted by Gasteiger charge is 2.25. The monoisotopic (exact) mass is 239 g/mol. The third-order valence-electron chi connectivity index (χ3n) is 2.45. The number of hydrogen-bond donors (Lipinski definition) is 1. The highest BCUT2D eigenvalue weighted by molar-refractivity contribution is 6.25. The Balaban J connectivity index is 1.88. The fourth-order valence-corrected chi connectivity index (χ4v) is 1.61. The summed E-state index contributed by atoms with van der Waals surface area (Å²) in [5, 5.41) is 5.25. The lowest BCUT2D eigenvalue weighted by Gasteiger charge is -2.08. The molecule has 0 aromatic carbocycles. The molecule has 0 saturated carbocycles. The number of nitrogens with one attached hydrogen (secondary N) is 1. The summed E-state index contributed by atoms with van der Waals surface area (Å²) in [6, 6.07) is 3.74. The van der Waals surface area contributed by atoms with Crippen molar-refractivity contribution in [1.82, 2.24) is 15.0 Å². The fraction of sp³-hybridized carbons (Fsp3) is 0. The molecule has 2 aromatic rings. The van der Waals surface area contributed by atoms with Gasteiger partial charge in [-0.15, -0.1) is 0 Å². The molecule has 88 valence electrons. The largest absolute Gasteiger partial charge is 0.362 e. The molecule has 18 heavy (non-hydrogen) atoms. The molecule has 0 bridgehead atoms. The van der Waals surface area contributed by atoms with Gasteiger partial charge in [0.1, 0.15) is 0 Å². The van der Waals surface area contributed by atoms with Crippen LogP contribution in [0.1, 0.15) is 5.69 Å². The van der Waals surface area contributed by atoms with Crippen molar-refractivity contribution < 1.29 is 4.79 Å². The van der Waals surface area contributed by atoms with Crippen LogP contribution in [0.3, 0.4) is 0 Å². The summed E-state index contributed by atoms with van der Waals surface area (Å²) >= 11 is 0. The first-order chi connectivity index (χ1) is 8.84. The van der Waals surface area contributed by atoms with E-state index in [0.717, 1.165) is 5.69 Å². The van der Waals surface area contributed by atoms with Crippen molar-refractivity contribution in [2.24, 2.45) is 5.10 Å². The Kier molecular flexibility index (Phi) is 2.45. The lowest BCUT2D eigenvalue weighted by molar-refractivity contribution is -0.114. The number of aromatic nitrogens is 3. The highest BCUT2D eigenvalue weighted by Crippen LogP contribution is 2.18. The van der Waals surface area contributed by atoms with E-state index < -0.39 is 0 Å². The number of H-pyrrole nitrogens is 1. The summed E-state index contributed by atoms with van der Waals surface area (Å²) < 4.78 is 0. The van der Waals surface area contributed by atoms with Crippen LogP contribution in [0, 0.1) is 0 Å². The molecule has 0 fully saturated rings. The molecule has 0 saturated heterocycles. The van der Waals surface area contributed by atoms with Gasteiger partial charge in [-0.05, 0) is 18.2 Å². The Morgan fingerprint density at radius 3 is 3.00 bits per heavy atom. The fourth-order valence-electron chi connectivity index (χ4n) is 1.61. The second-order valence-corrected chi connectivity index (χ2v) is 3.65. The maximum absolute atomic E-state index is 12.1. The Hall–Kier alpha value is -2.76. The van der Waals surface area contributed by atoms with E-state index in [-0.39, 0.29) is 5.91 Å². The standard InChI is InChI=1S/C12H9N5O/c18-12-9(6-10-2-1-3-14-10)7-16-17(12)11-8-13-4-5-15-11/h1-8,14H. The van der Waals surface area contributed by atoms with Crippen LogP contribution in [0.2, 0.25) is 0 Å². The van der Waals surface area contributed by atoms with Crippen LogP contribution in [0.4, 0.5) is 5.82 Å². The molecule has 6 nitrogen and oxygen atoms in total. The third kappa shape index (κ3) is 1.80. The second kappa shape index (κ2) is 4.25. The number of amides is 1. The maximum atomic E-state index is 12.1. The second-order valence-electron chi connectivity index (χ2n) is 3.65. The molecule has 3 rings (SSSR count). The zero-order chi connectivity index (χ0) is 12.4. The van der Waals surface area contributed by atoms with Gasteiger partial charge in [-0.1, -0.05) is 0 Å². The van der Waals surface area contributed by atoms with Crippen LogP contribution in [-0.2, 0) is 4.79 Å². The van der Waals surface area contributed by atoms with E-state index in [2.05, 4.69) is 20.1 Å². The predicted octanol–water partition coefficient (Wildman–Crippen LogP) is 1.22. The van der Waals surface area contributed by atoms with Gasteiger partial charge >= 0.3 is 0 Å². The number of hydrazone groups is 1. The number of anilines is 1. The summed E-state index contributed by atoms with van der Waals surface area (Å²) in [5.74, 6) is 0.193. The number of carbonyl (C=O) groups excluding carboxylic acids is 1. The van der Waals surface area contributed by atoms with Gasteiger partial charge in [0.15, 0.2) is 5.82 Å². The summed E-state index contributed by atoms with van der Waals surface area (Å²) in [7, 11) is 0. The molecule has 1 aliphatic rings. The van der Waals surface area contributed by atoms with Crippen molar-refractivity contribution >= 4 is 24.0 Å². The predicted molar refractivity (Wildman–Crippen MR) is 66.8 cm³/mol. The van der Waals surface area contributed by atoms with Crippen molar-refractivity contribution in [2.45, 2.75) is 0 Å². The van der Waals surface area contributed by atoms with Gasteiger partial charge in [0.2, 0.25) is 0 Å². The molecule has 1 amide bonds. The van der Waals surface area contributed by atoms with Gasteiger partial charge in [0.25, 0.3) is 5.91 Å². The van der Waals surface area contributed by atoms with Crippen LogP contribution in [0.15, 0.2) is 47.6 Å². The maximum Gasteiger partial charge on any atom is 0.281 e. The topological polar surface area (TPSA) is 74.2 Å². The first-order valence-electron chi connectivity index (χ1n) is 5.34. The van der Waals surface area contributed by atoms with E-state index in [1.165, 1.54) is 23.6 Å². The average molecular weight is 239 g/mol. The summed E-state index contributed by atoms with van der Waals surface area (Å²) in [5.41, 5.74) is 1.36. The molecule has 0 aliphatic carbocycles. The minimum absolute atomic E-state index is 0.217. The van der Waals surface area contributed by atoms with Crippen LogP contribution >= 0.6 is 0 Å². The molecular weight excluding hydrogens is 230 g/mol. The lowest BCUT2D eigenvalue weighted by Crippen LogP contribution is -2.22. The van der Waals surface area contributed by atoms with E-state index in [0.29, 0.717) is 11.4 Å². The SMILES string of the molecule is O=C1C(=Cc2ccc[nH]2)C=NN1c1cnccn1. The van der Waals surface area contributed by atoms with Crippen molar-refractivity contribution in [3.8, 4) is 0 Å². The smallest absolute Gasteiger partial charge is 0.281 e. The molecule has 3 heterocycles. The summed E-state index contributed by atoms with van der Waals surface area (Å²) in [6.07, 6.45) is 9.60. The Labute approximate surface area is 103 Å². The minimum atomic E-state index is -0.217. The van der Waals surface area contributed by atoms with Crippen LogP contribution in [-0.4, -0.2) is 27.1 Å². The van der Waals surface area contributed by atoms with E-state index in [4.69, 9.17) is 0 Å². The normalized spacial score (nSPS) is 16.8. The number of rotatable bonds is 2. The van der Waals surface area contributed by atoms with Crippen molar-refractivity contribution in [3.63, 3.8) is 0 Å². The number of nitrogens with zero attached hydrogens (tertiary/aromatic N) is 4. The van der Waals surface area contributed by atoms with Crippen LogP contribution in [0.5, 0.6) is 0 Å². The van der Waals surface area contributed by atoms with Crippen molar-refractivity contribution in [1.29, 1.82) is 0 Å². The van der Waals surface area contributed by atoms with Crippen molar-refractivity contribution in [3.05, 3.63) is 48.2 Å². The lowest BCUT2D eigenvalue weighted by atomic mass is 10.2. The Bertz CT molecular complexity index is 615. The number of aromatic amines is 1. The van der Waals surface area contributed by atoms with Gasteiger partial charge < -0.3 is 4.98 Å². The highest BCUT2D eigenvalue weighted by atomic mass is 16.2. The van der Waals surface area contributed by atoms with Crippen LogP contribution in [0.25, 0.3) is 6.08 Å². The molecule has 2 aromatic heterocycles. The average Bonchev–Trinajstić information content (AvgIpc) is 3.03. The quantitative estimate of drug-likeness (QED) is 0.801. The van der Waals surface area contributed by atoms with Gasteiger partial charge in [-0.2, -0.15) is 10.1 Å². The van der Waals surface area contributed by atoms with Crippen LogP contribution < -0.4 is 5.01 Å². The number of hydrogen-bond acceptors (Lipinski definition) is 4. The Morgan fingerprint density at radius 2 is 2.28 bits per heavy atom. The molecule has 1 N–H and O–H groups in total. The first-order valence-corrected chi connectivity index (χ1v) is 5.34. The molecular formula is C12H9N5O. The Morgan fingerprint density at radius 1 is 1.33 bits per heavy atom. The zero-order valence-electron chi connectivity index (χ0n) is 9.32. The third-order valence-corrected chi connectivity index (χ3v) is 2.45. The molecule has 0 spiro atoms. The van der Waals surface area contributed by atoms with E-state index >= 15 is 0 Å². The molecule has 0 radical (unpaired) electrons. The zero-order valence-corrected chi connectivity index (χ0v) is 9.32. The minimum Gasteiger partial charge on any atom is -0.362 e. The van der Waals surface area contributed by atoms with E-state index in [1.807, 2.05) is 12.1 Å².